The van der Waals surface area contributed by atoms with Crippen molar-refractivity contribution in [3.8, 4) is 5.75 Å². The van der Waals surface area contributed by atoms with Crippen LogP contribution in [0.4, 0.5) is 0 Å². The highest BCUT2D eigenvalue weighted by atomic mass is 16.5. The van der Waals surface area contributed by atoms with Crippen LogP contribution in [-0.2, 0) is 4.79 Å². The normalized spacial score (nSPS) is 18.0. The van der Waals surface area contributed by atoms with Gasteiger partial charge in [-0.2, -0.15) is 0 Å². The molecule has 1 amide bonds. The van der Waals surface area contributed by atoms with E-state index in [0.717, 1.165) is 31.7 Å². The lowest BCUT2D eigenvalue weighted by molar-refractivity contribution is -0.133. The van der Waals surface area contributed by atoms with Crippen molar-refractivity contribution >= 4 is 5.91 Å². The largest absolute Gasteiger partial charge is 0.484 e. The Morgan fingerprint density at radius 2 is 1.83 bits per heavy atom. The number of hydrogen-bond donors (Lipinski definition) is 0. The molecule has 1 saturated heterocycles. The Kier molecular flexibility index (Phi) is 5.52. The first-order valence-electron chi connectivity index (χ1n) is 8.74. The summed E-state index contributed by atoms with van der Waals surface area (Å²) in [5, 5.41) is 0. The zero-order valence-corrected chi connectivity index (χ0v) is 14.3. The van der Waals surface area contributed by atoms with E-state index in [-0.39, 0.29) is 12.5 Å². The molecule has 1 aliphatic heterocycles. The number of aryl methyl sites for hydroxylation is 1. The van der Waals surface area contributed by atoms with Crippen molar-refractivity contribution < 1.29 is 9.53 Å². The molecule has 3 nitrogen and oxygen atoms in total. The van der Waals surface area contributed by atoms with Gasteiger partial charge in [-0.05, 0) is 37.5 Å². The smallest absolute Gasteiger partial charge is 0.260 e. The molecule has 0 radical (unpaired) electrons. The van der Waals surface area contributed by atoms with Crippen LogP contribution in [0.2, 0.25) is 0 Å². The van der Waals surface area contributed by atoms with E-state index in [9.17, 15) is 4.79 Å². The first-order valence-corrected chi connectivity index (χ1v) is 8.74. The second kappa shape index (κ2) is 8.00. The summed E-state index contributed by atoms with van der Waals surface area (Å²) in [4.78, 5) is 14.5. The average Bonchev–Trinajstić information content (AvgIpc) is 2.88. The minimum atomic E-state index is 0.0819. The molecule has 0 aromatic heterocycles. The summed E-state index contributed by atoms with van der Waals surface area (Å²) in [6, 6.07) is 18.4. The molecule has 1 aliphatic rings. The van der Waals surface area contributed by atoms with E-state index >= 15 is 0 Å². The van der Waals surface area contributed by atoms with Crippen LogP contribution in [0, 0.1) is 6.92 Å². The second-order valence-electron chi connectivity index (χ2n) is 6.54. The number of rotatable bonds is 4. The van der Waals surface area contributed by atoms with Gasteiger partial charge in [-0.3, -0.25) is 4.79 Å². The van der Waals surface area contributed by atoms with Gasteiger partial charge in [0.15, 0.2) is 6.61 Å². The van der Waals surface area contributed by atoms with E-state index in [0.29, 0.717) is 5.92 Å². The Labute approximate surface area is 144 Å². The molecule has 126 valence electrons. The van der Waals surface area contributed by atoms with Gasteiger partial charge >= 0.3 is 0 Å². The lowest BCUT2D eigenvalue weighted by Gasteiger charge is -2.25. The van der Waals surface area contributed by atoms with Gasteiger partial charge in [0.05, 0.1) is 0 Å². The monoisotopic (exact) mass is 323 g/mol. The number of carbonyl (C=O) groups excluding carboxylic acids is 1. The van der Waals surface area contributed by atoms with Crippen LogP contribution in [-0.4, -0.2) is 30.5 Å². The minimum Gasteiger partial charge on any atom is -0.484 e. The third kappa shape index (κ3) is 4.38. The summed E-state index contributed by atoms with van der Waals surface area (Å²) in [6.07, 6.45) is 3.38. The molecule has 0 bridgehead atoms. The Hall–Kier alpha value is -2.29. The molecule has 0 aliphatic carbocycles. The number of benzene rings is 2. The van der Waals surface area contributed by atoms with E-state index in [1.807, 2.05) is 42.2 Å². The van der Waals surface area contributed by atoms with Crippen LogP contribution in [0.25, 0.3) is 0 Å². The highest BCUT2D eigenvalue weighted by molar-refractivity contribution is 5.77. The molecule has 1 heterocycles. The SMILES string of the molecule is Cc1ccc(OCC(=O)N2CCCCC(c3ccccc3)C2)cc1. The number of nitrogens with zero attached hydrogens (tertiary/aromatic N) is 1. The van der Waals surface area contributed by atoms with Crippen LogP contribution in [0.1, 0.15) is 36.3 Å². The summed E-state index contributed by atoms with van der Waals surface area (Å²) in [5.41, 5.74) is 2.52. The van der Waals surface area contributed by atoms with Crippen molar-refractivity contribution in [1.82, 2.24) is 4.90 Å². The summed E-state index contributed by atoms with van der Waals surface area (Å²) in [5.74, 6) is 1.26. The molecule has 3 rings (SSSR count). The summed E-state index contributed by atoms with van der Waals surface area (Å²) in [7, 11) is 0. The standard InChI is InChI=1S/C21H25NO2/c1-17-10-12-20(13-11-17)24-16-21(23)22-14-6-5-9-19(15-22)18-7-3-2-4-8-18/h2-4,7-8,10-13,19H,5-6,9,14-16H2,1H3. The van der Waals surface area contributed by atoms with Crippen LogP contribution >= 0.6 is 0 Å². The van der Waals surface area contributed by atoms with Crippen molar-refractivity contribution in [3.63, 3.8) is 0 Å². The van der Waals surface area contributed by atoms with E-state index in [1.165, 1.54) is 17.5 Å². The van der Waals surface area contributed by atoms with Gasteiger partial charge in [-0.25, -0.2) is 0 Å². The van der Waals surface area contributed by atoms with Gasteiger partial charge in [0.2, 0.25) is 0 Å². The fraction of sp³-hybridized carbons (Fsp3) is 0.381. The zero-order chi connectivity index (χ0) is 16.8. The van der Waals surface area contributed by atoms with E-state index in [4.69, 9.17) is 4.74 Å². The summed E-state index contributed by atoms with van der Waals surface area (Å²) in [6.45, 7) is 3.78. The van der Waals surface area contributed by atoms with Gasteiger partial charge in [0, 0.05) is 19.0 Å². The van der Waals surface area contributed by atoms with Gasteiger partial charge in [-0.1, -0.05) is 54.4 Å². The van der Waals surface area contributed by atoms with Gasteiger partial charge < -0.3 is 9.64 Å². The molecule has 0 N–H and O–H groups in total. The van der Waals surface area contributed by atoms with Crippen molar-refractivity contribution in [3.05, 3.63) is 65.7 Å². The molecule has 1 fully saturated rings. The van der Waals surface area contributed by atoms with Crippen LogP contribution in [0.5, 0.6) is 5.75 Å². The molecule has 0 saturated carbocycles. The fourth-order valence-corrected chi connectivity index (χ4v) is 3.24. The molecule has 2 aromatic rings. The van der Waals surface area contributed by atoms with Crippen molar-refractivity contribution in [1.29, 1.82) is 0 Å². The molecule has 2 aromatic carbocycles. The number of hydrogen-bond acceptors (Lipinski definition) is 2. The molecular weight excluding hydrogens is 298 g/mol. The van der Waals surface area contributed by atoms with Crippen molar-refractivity contribution in [2.75, 3.05) is 19.7 Å². The fourth-order valence-electron chi connectivity index (χ4n) is 3.24. The van der Waals surface area contributed by atoms with Gasteiger partial charge in [0.25, 0.3) is 5.91 Å². The Morgan fingerprint density at radius 1 is 1.08 bits per heavy atom. The first-order chi connectivity index (χ1) is 11.7. The van der Waals surface area contributed by atoms with E-state index < -0.39 is 0 Å². The lowest BCUT2D eigenvalue weighted by atomic mass is 9.94. The Morgan fingerprint density at radius 3 is 2.58 bits per heavy atom. The van der Waals surface area contributed by atoms with Crippen molar-refractivity contribution in [2.24, 2.45) is 0 Å². The van der Waals surface area contributed by atoms with Crippen LogP contribution in [0.15, 0.2) is 54.6 Å². The number of likely N-dealkylation sites (tertiary alicyclic amines) is 1. The topological polar surface area (TPSA) is 29.5 Å². The molecule has 3 heteroatoms. The van der Waals surface area contributed by atoms with E-state index in [2.05, 4.69) is 24.3 Å². The number of amides is 1. The third-order valence-corrected chi connectivity index (χ3v) is 4.68. The highest BCUT2D eigenvalue weighted by Gasteiger charge is 2.23. The number of carbonyl (C=O) groups is 1. The van der Waals surface area contributed by atoms with Crippen LogP contribution in [0.3, 0.4) is 0 Å². The van der Waals surface area contributed by atoms with Gasteiger partial charge in [-0.15, -0.1) is 0 Å². The number of ether oxygens (including phenoxy) is 1. The quantitative estimate of drug-likeness (QED) is 0.845. The Balaban J connectivity index is 1.59. The van der Waals surface area contributed by atoms with Crippen LogP contribution < -0.4 is 4.74 Å². The molecular formula is C21H25NO2. The zero-order valence-electron chi connectivity index (χ0n) is 14.3. The second-order valence-corrected chi connectivity index (χ2v) is 6.54. The maximum absolute atomic E-state index is 12.6. The molecule has 1 atom stereocenters. The van der Waals surface area contributed by atoms with Crippen molar-refractivity contribution in [2.45, 2.75) is 32.1 Å². The van der Waals surface area contributed by atoms with E-state index in [1.54, 1.807) is 0 Å². The summed E-state index contributed by atoms with van der Waals surface area (Å²) < 4.78 is 5.67. The predicted octanol–water partition coefficient (Wildman–Crippen LogP) is 4.17. The molecule has 0 spiro atoms. The molecule has 24 heavy (non-hydrogen) atoms. The first kappa shape index (κ1) is 16.6. The highest BCUT2D eigenvalue weighted by Crippen LogP contribution is 2.26. The summed E-state index contributed by atoms with van der Waals surface area (Å²) >= 11 is 0. The Bertz CT molecular complexity index is 651. The minimum absolute atomic E-state index is 0.0819. The predicted molar refractivity (Wildman–Crippen MR) is 96.3 cm³/mol. The lowest BCUT2D eigenvalue weighted by Crippen LogP contribution is -2.37. The maximum atomic E-state index is 12.6. The molecule has 1 unspecified atom stereocenters. The third-order valence-electron chi connectivity index (χ3n) is 4.68. The van der Waals surface area contributed by atoms with Gasteiger partial charge in [0.1, 0.15) is 5.75 Å². The maximum Gasteiger partial charge on any atom is 0.260 e. The average molecular weight is 323 g/mol.